The lowest BCUT2D eigenvalue weighted by atomic mass is 10.0. The number of methoxy groups -OCH3 is 2. The molecule has 0 bridgehead atoms. The number of H-pyrrole nitrogens is 1. The highest BCUT2D eigenvalue weighted by Gasteiger charge is 2.35. The zero-order valence-corrected chi connectivity index (χ0v) is 13.3. The first-order valence-corrected chi connectivity index (χ1v) is 7.07. The summed E-state index contributed by atoms with van der Waals surface area (Å²) in [5.74, 6) is -0.850. The molecule has 1 aromatic heterocycles. The second kappa shape index (κ2) is 6.70. The third-order valence-electron chi connectivity index (χ3n) is 3.65. The highest BCUT2D eigenvalue weighted by Crippen LogP contribution is 2.24. The molecule has 0 radical (unpaired) electrons. The van der Waals surface area contributed by atoms with Crippen molar-refractivity contribution in [3.8, 4) is 5.75 Å². The monoisotopic (exact) mass is 320 g/mol. The average molecular weight is 320 g/mol. The van der Waals surface area contributed by atoms with Crippen LogP contribution in [0, 0.1) is 0 Å². The summed E-state index contributed by atoms with van der Waals surface area (Å²) in [5.41, 5.74) is 0.184. The topological polar surface area (TPSA) is 101 Å². The van der Waals surface area contributed by atoms with Crippen LogP contribution >= 0.6 is 0 Å². The Balaban J connectivity index is 2.18. The van der Waals surface area contributed by atoms with E-state index in [1.807, 2.05) is 18.2 Å². The van der Waals surface area contributed by atoms with Crippen LogP contribution in [0.5, 0.6) is 5.75 Å². The van der Waals surface area contributed by atoms with E-state index in [-0.39, 0.29) is 13.0 Å². The summed E-state index contributed by atoms with van der Waals surface area (Å²) >= 11 is 0. The molecule has 124 valence electrons. The van der Waals surface area contributed by atoms with Crippen molar-refractivity contribution in [1.29, 1.82) is 0 Å². The number of aromatic amines is 1. The number of aromatic nitrogens is 1. The molecule has 0 saturated heterocycles. The molecule has 7 heteroatoms. The van der Waals surface area contributed by atoms with Crippen LogP contribution in [0.1, 0.15) is 12.5 Å². The first kappa shape index (κ1) is 16.8. The number of nitrogens with one attached hydrogen (secondary N) is 2. The molecule has 3 N–H and O–H groups in total. The lowest BCUT2D eigenvalue weighted by Crippen LogP contribution is -2.55. The maximum Gasteiger partial charge on any atom is 0.331 e. The third-order valence-corrected chi connectivity index (χ3v) is 3.65. The predicted molar refractivity (Wildman–Crippen MR) is 84.6 cm³/mol. The molecular formula is C16H20N2O5. The van der Waals surface area contributed by atoms with Crippen LogP contribution in [0.3, 0.4) is 0 Å². The average Bonchev–Trinajstić information content (AvgIpc) is 2.89. The summed E-state index contributed by atoms with van der Waals surface area (Å²) in [6.45, 7) is 1.30. The summed E-state index contributed by atoms with van der Waals surface area (Å²) in [5, 5.41) is 12.6. The van der Waals surface area contributed by atoms with Crippen LogP contribution in [0.4, 0.5) is 0 Å². The van der Waals surface area contributed by atoms with Gasteiger partial charge in [0.25, 0.3) is 0 Å². The molecule has 0 aliphatic rings. The molecule has 1 aromatic carbocycles. The molecule has 0 saturated carbocycles. The predicted octanol–water partition coefficient (Wildman–Crippen LogP) is 1.32. The molecule has 1 heterocycles. The van der Waals surface area contributed by atoms with Crippen molar-refractivity contribution in [2.24, 2.45) is 0 Å². The molecule has 1 atom stereocenters. The molecule has 7 nitrogen and oxygen atoms in total. The highest BCUT2D eigenvalue weighted by atomic mass is 16.5. The van der Waals surface area contributed by atoms with E-state index in [0.717, 1.165) is 16.5 Å². The zero-order chi connectivity index (χ0) is 17.0. The fourth-order valence-electron chi connectivity index (χ4n) is 2.40. The SMILES string of the molecule is COCC(C)(NC(=O)Cc1c[nH]c2ccc(OC)cc12)C(=O)O. The van der Waals surface area contributed by atoms with E-state index in [9.17, 15) is 14.7 Å². The number of hydrogen-bond acceptors (Lipinski definition) is 4. The van der Waals surface area contributed by atoms with Crippen LogP contribution in [-0.2, 0) is 20.7 Å². The number of carbonyl (C=O) groups excluding carboxylic acids is 1. The third kappa shape index (κ3) is 3.62. The maximum atomic E-state index is 12.2. The Hall–Kier alpha value is -2.54. The van der Waals surface area contributed by atoms with Gasteiger partial charge in [-0.3, -0.25) is 4.79 Å². The fourth-order valence-corrected chi connectivity index (χ4v) is 2.40. The molecule has 2 aromatic rings. The van der Waals surface area contributed by atoms with E-state index in [1.165, 1.54) is 14.0 Å². The van der Waals surface area contributed by atoms with Crippen molar-refractivity contribution < 1.29 is 24.2 Å². The molecular weight excluding hydrogens is 300 g/mol. The number of benzene rings is 1. The summed E-state index contributed by atoms with van der Waals surface area (Å²) in [7, 11) is 2.96. The maximum absolute atomic E-state index is 12.2. The fraction of sp³-hybridized carbons (Fsp3) is 0.375. The van der Waals surface area contributed by atoms with E-state index in [4.69, 9.17) is 9.47 Å². The van der Waals surface area contributed by atoms with E-state index >= 15 is 0 Å². The van der Waals surface area contributed by atoms with Gasteiger partial charge < -0.3 is 24.9 Å². The van der Waals surface area contributed by atoms with Crippen LogP contribution in [-0.4, -0.2) is 48.3 Å². The molecule has 1 amide bonds. The number of carbonyl (C=O) groups is 2. The van der Waals surface area contributed by atoms with Crippen LogP contribution < -0.4 is 10.1 Å². The van der Waals surface area contributed by atoms with E-state index in [1.54, 1.807) is 13.3 Å². The number of rotatable bonds is 7. The Morgan fingerprint density at radius 2 is 2.09 bits per heavy atom. The summed E-state index contributed by atoms with van der Waals surface area (Å²) in [4.78, 5) is 26.6. The first-order valence-electron chi connectivity index (χ1n) is 7.07. The molecule has 0 spiro atoms. The second-order valence-corrected chi connectivity index (χ2v) is 5.52. The molecule has 23 heavy (non-hydrogen) atoms. The Bertz CT molecular complexity index is 724. The van der Waals surface area contributed by atoms with Gasteiger partial charge in [0, 0.05) is 24.2 Å². The Morgan fingerprint density at radius 1 is 1.35 bits per heavy atom. The summed E-state index contributed by atoms with van der Waals surface area (Å²) < 4.78 is 10.1. The van der Waals surface area contributed by atoms with Gasteiger partial charge in [0.15, 0.2) is 5.54 Å². The smallest absolute Gasteiger partial charge is 0.331 e. The van der Waals surface area contributed by atoms with Gasteiger partial charge in [0.2, 0.25) is 5.91 Å². The largest absolute Gasteiger partial charge is 0.497 e. The molecule has 0 aliphatic carbocycles. The Labute approximate surface area is 133 Å². The number of fused-ring (bicyclic) bond motifs is 1. The minimum atomic E-state index is -1.46. The van der Waals surface area contributed by atoms with Crippen molar-refractivity contribution in [3.05, 3.63) is 30.0 Å². The Kier molecular flexibility index (Phi) is 4.90. The van der Waals surface area contributed by atoms with E-state index in [0.29, 0.717) is 5.75 Å². The van der Waals surface area contributed by atoms with Gasteiger partial charge in [-0.25, -0.2) is 4.79 Å². The first-order chi connectivity index (χ1) is 10.9. The number of amides is 1. The molecule has 2 rings (SSSR count). The highest BCUT2D eigenvalue weighted by molar-refractivity contribution is 5.92. The van der Waals surface area contributed by atoms with Crippen molar-refractivity contribution in [1.82, 2.24) is 10.3 Å². The van der Waals surface area contributed by atoms with Gasteiger partial charge in [0.05, 0.1) is 20.1 Å². The van der Waals surface area contributed by atoms with Crippen molar-refractivity contribution >= 4 is 22.8 Å². The lowest BCUT2D eigenvalue weighted by molar-refractivity contribution is -0.149. The van der Waals surface area contributed by atoms with Gasteiger partial charge in [0.1, 0.15) is 5.75 Å². The second-order valence-electron chi connectivity index (χ2n) is 5.52. The van der Waals surface area contributed by atoms with Gasteiger partial charge in [-0.1, -0.05) is 0 Å². The molecule has 0 aliphatic heterocycles. The van der Waals surface area contributed by atoms with Crippen LogP contribution in [0.25, 0.3) is 10.9 Å². The van der Waals surface area contributed by atoms with Crippen molar-refractivity contribution in [2.45, 2.75) is 18.9 Å². The summed E-state index contributed by atoms with van der Waals surface area (Å²) in [6.07, 6.45) is 1.79. The normalized spacial score (nSPS) is 13.5. The number of ether oxygens (including phenoxy) is 2. The Morgan fingerprint density at radius 3 is 2.70 bits per heavy atom. The van der Waals surface area contributed by atoms with E-state index < -0.39 is 17.4 Å². The summed E-state index contributed by atoms with van der Waals surface area (Å²) in [6, 6.07) is 5.52. The number of carboxylic acids is 1. The number of carboxylic acid groups (broad SMARTS) is 1. The number of hydrogen-bond donors (Lipinski definition) is 3. The minimum Gasteiger partial charge on any atom is -0.497 e. The lowest BCUT2D eigenvalue weighted by Gasteiger charge is -2.25. The molecule has 0 fully saturated rings. The van der Waals surface area contributed by atoms with Crippen LogP contribution in [0.2, 0.25) is 0 Å². The van der Waals surface area contributed by atoms with E-state index in [2.05, 4.69) is 10.3 Å². The zero-order valence-electron chi connectivity index (χ0n) is 13.3. The van der Waals surface area contributed by atoms with Crippen LogP contribution in [0.15, 0.2) is 24.4 Å². The van der Waals surface area contributed by atoms with Gasteiger partial charge >= 0.3 is 5.97 Å². The minimum absolute atomic E-state index is 0.0553. The van der Waals surface area contributed by atoms with Crippen molar-refractivity contribution in [2.75, 3.05) is 20.8 Å². The molecule has 1 unspecified atom stereocenters. The standard InChI is InChI=1S/C16H20N2O5/c1-16(9-22-2,15(20)21)18-14(19)6-10-8-17-13-5-4-11(23-3)7-12(10)13/h4-5,7-8,17H,6,9H2,1-3H3,(H,18,19)(H,20,21). The van der Waals surface area contributed by atoms with Gasteiger partial charge in [-0.2, -0.15) is 0 Å². The van der Waals surface area contributed by atoms with Gasteiger partial charge in [-0.05, 0) is 30.7 Å². The number of aliphatic carboxylic acids is 1. The van der Waals surface area contributed by atoms with Gasteiger partial charge in [-0.15, -0.1) is 0 Å². The van der Waals surface area contributed by atoms with Crippen molar-refractivity contribution in [3.63, 3.8) is 0 Å². The quantitative estimate of drug-likeness (QED) is 0.714.